The van der Waals surface area contributed by atoms with Crippen molar-refractivity contribution in [2.45, 2.75) is 38.2 Å². The van der Waals surface area contributed by atoms with Gasteiger partial charge in [-0.2, -0.15) is 0 Å². The van der Waals surface area contributed by atoms with Gasteiger partial charge < -0.3 is 10.1 Å². The van der Waals surface area contributed by atoms with Crippen molar-refractivity contribution in [3.8, 4) is 0 Å². The van der Waals surface area contributed by atoms with Crippen molar-refractivity contribution in [3.05, 3.63) is 63.6 Å². The summed E-state index contributed by atoms with van der Waals surface area (Å²) in [5.41, 5.74) is 1.37. The molecule has 4 nitrogen and oxygen atoms in total. The van der Waals surface area contributed by atoms with Gasteiger partial charge in [-0.15, -0.1) is 0 Å². The molecular formula is C20H19Cl2NO3. The second-order valence-corrected chi connectivity index (χ2v) is 7.16. The van der Waals surface area contributed by atoms with Gasteiger partial charge in [-0.25, -0.2) is 4.79 Å². The van der Waals surface area contributed by atoms with E-state index in [0.29, 0.717) is 21.8 Å². The minimum absolute atomic E-state index is 0.0164. The summed E-state index contributed by atoms with van der Waals surface area (Å²) in [6, 6.07) is 11.3. The lowest BCUT2D eigenvalue weighted by molar-refractivity contribution is 0.0211. The van der Waals surface area contributed by atoms with Crippen molar-refractivity contribution in [1.82, 2.24) is 0 Å². The molecule has 0 aromatic heterocycles. The van der Waals surface area contributed by atoms with E-state index >= 15 is 0 Å². The lowest BCUT2D eigenvalue weighted by atomic mass is 9.98. The van der Waals surface area contributed by atoms with Gasteiger partial charge in [-0.05, 0) is 68.1 Å². The van der Waals surface area contributed by atoms with Crippen molar-refractivity contribution < 1.29 is 14.3 Å². The van der Waals surface area contributed by atoms with Gasteiger partial charge in [-0.3, -0.25) is 4.79 Å². The topological polar surface area (TPSA) is 55.4 Å². The molecule has 0 atom stereocenters. The molecule has 0 heterocycles. The van der Waals surface area contributed by atoms with Crippen LogP contribution in [0.25, 0.3) is 0 Å². The highest BCUT2D eigenvalue weighted by Crippen LogP contribution is 2.23. The summed E-state index contributed by atoms with van der Waals surface area (Å²) in [5.74, 6) is -0.667. The highest BCUT2D eigenvalue weighted by Gasteiger charge is 2.19. The summed E-state index contributed by atoms with van der Waals surface area (Å²) in [4.78, 5) is 24.5. The van der Waals surface area contributed by atoms with Crippen LogP contribution in [0.15, 0.2) is 42.5 Å². The first-order valence-electron chi connectivity index (χ1n) is 8.60. The SMILES string of the molecule is O=C(OC1CCCCC1)c1ccc(NC(=O)c2ccc(Cl)cc2Cl)cc1. The molecule has 0 aliphatic heterocycles. The van der Waals surface area contributed by atoms with Gasteiger partial charge in [0.1, 0.15) is 6.10 Å². The number of carbonyl (C=O) groups excluding carboxylic acids is 2. The molecule has 0 radical (unpaired) electrons. The number of hydrogen-bond acceptors (Lipinski definition) is 3. The van der Waals surface area contributed by atoms with Crippen LogP contribution < -0.4 is 5.32 Å². The summed E-state index contributed by atoms with van der Waals surface area (Å²) >= 11 is 11.9. The third kappa shape index (κ3) is 4.77. The third-order valence-corrected chi connectivity index (χ3v) is 4.93. The zero-order chi connectivity index (χ0) is 18.5. The van der Waals surface area contributed by atoms with Crippen LogP contribution in [0.4, 0.5) is 5.69 Å². The molecule has 1 amide bonds. The quantitative estimate of drug-likeness (QED) is 0.676. The smallest absolute Gasteiger partial charge is 0.338 e. The van der Waals surface area contributed by atoms with Crippen LogP contribution >= 0.6 is 23.2 Å². The zero-order valence-electron chi connectivity index (χ0n) is 14.1. The van der Waals surface area contributed by atoms with Crippen molar-refractivity contribution in [3.63, 3.8) is 0 Å². The van der Waals surface area contributed by atoms with Crippen molar-refractivity contribution >= 4 is 40.8 Å². The van der Waals surface area contributed by atoms with Gasteiger partial charge in [0.15, 0.2) is 0 Å². The maximum atomic E-state index is 12.3. The summed E-state index contributed by atoms with van der Waals surface area (Å²) in [5, 5.41) is 3.49. The van der Waals surface area contributed by atoms with Gasteiger partial charge in [0.25, 0.3) is 5.91 Å². The average molecular weight is 392 g/mol. The number of halogens is 2. The lowest BCUT2D eigenvalue weighted by Crippen LogP contribution is -2.21. The van der Waals surface area contributed by atoms with Crippen molar-refractivity contribution in [2.75, 3.05) is 5.32 Å². The minimum Gasteiger partial charge on any atom is -0.459 e. The number of nitrogens with one attached hydrogen (secondary N) is 1. The molecule has 0 bridgehead atoms. The van der Waals surface area contributed by atoms with Crippen molar-refractivity contribution in [1.29, 1.82) is 0 Å². The monoisotopic (exact) mass is 391 g/mol. The standard InChI is InChI=1S/C20H19Cl2NO3/c21-14-8-11-17(18(22)12-14)19(24)23-15-9-6-13(7-10-15)20(25)26-16-4-2-1-3-5-16/h6-12,16H,1-5H2,(H,23,24). The third-order valence-electron chi connectivity index (χ3n) is 4.38. The fraction of sp³-hybridized carbons (Fsp3) is 0.300. The fourth-order valence-electron chi connectivity index (χ4n) is 2.96. The molecule has 26 heavy (non-hydrogen) atoms. The number of esters is 1. The molecule has 0 saturated heterocycles. The number of rotatable bonds is 4. The van der Waals surface area contributed by atoms with E-state index in [4.69, 9.17) is 27.9 Å². The molecular weight excluding hydrogens is 373 g/mol. The molecule has 0 spiro atoms. The number of ether oxygens (including phenoxy) is 1. The fourth-order valence-corrected chi connectivity index (χ4v) is 3.46. The summed E-state index contributed by atoms with van der Waals surface area (Å²) < 4.78 is 5.54. The molecule has 3 rings (SSSR count). The molecule has 2 aromatic rings. The van der Waals surface area contributed by atoms with Crippen molar-refractivity contribution in [2.24, 2.45) is 0 Å². The summed E-state index contributed by atoms with van der Waals surface area (Å²) in [7, 11) is 0. The number of amides is 1. The molecule has 1 aliphatic rings. The first-order valence-corrected chi connectivity index (χ1v) is 9.36. The van der Waals surface area contributed by atoms with Gasteiger partial charge in [0.05, 0.1) is 16.1 Å². The second kappa shape index (κ2) is 8.56. The van der Waals surface area contributed by atoms with Gasteiger partial charge in [0.2, 0.25) is 0 Å². The van der Waals surface area contributed by atoms with E-state index in [0.717, 1.165) is 25.7 Å². The Bertz CT molecular complexity index is 799. The van der Waals surface area contributed by atoms with Crippen LogP contribution in [0, 0.1) is 0 Å². The van der Waals surface area contributed by atoms with E-state index < -0.39 is 0 Å². The van der Waals surface area contributed by atoms with Gasteiger partial charge in [0, 0.05) is 10.7 Å². The largest absolute Gasteiger partial charge is 0.459 e. The Labute approximate surface area is 162 Å². The number of anilines is 1. The molecule has 1 N–H and O–H groups in total. The Balaban J connectivity index is 1.61. The highest BCUT2D eigenvalue weighted by atomic mass is 35.5. The molecule has 0 unspecified atom stereocenters. The lowest BCUT2D eigenvalue weighted by Gasteiger charge is -2.21. The maximum absolute atomic E-state index is 12.3. The number of hydrogen-bond donors (Lipinski definition) is 1. The van der Waals surface area contributed by atoms with E-state index in [9.17, 15) is 9.59 Å². The first-order chi connectivity index (χ1) is 12.5. The summed E-state index contributed by atoms with van der Waals surface area (Å²) in [6.45, 7) is 0. The molecule has 2 aromatic carbocycles. The molecule has 1 saturated carbocycles. The Morgan fingerprint density at radius 2 is 1.65 bits per heavy atom. The van der Waals surface area contributed by atoms with E-state index in [1.807, 2.05) is 0 Å². The molecule has 136 valence electrons. The minimum atomic E-state index is -0.343. The Hall–Kier alpha value is -2.04. The normalized spacial score (nSPS) is 14.7. The van der Waals surface area contributed by atoms with Crippen LogP contribution in [0.1, 0.15) is 52.8 Å². The summed E-state index contributed by atoms with van der Waals surface area (Å²) in [6.07, 6.45) is 5.30. The number of carbonyl (C=O) groups is 2. The van der Waals surface area contributed by atoms with E-state index in [2.05, 4.69) is 5.32 Å². The molecule has 1 fully saturated rings. The van der Waals surface area contributed by atoms with Gasteiger partial charge in [-0.1, -0.05) is 29.6 Å². The average Bonchev–Trinajstić information content (AvgIpc) is 2.63. The Kier molecular flexibility index (Phi) is 6.17. The van der Waals surface area contributed by atoms with Crippen LogP contribution in [0.2, 0.25) is 10.0 Å². The maximum Gasteiger partial charge on any atom is 0.338 e. The predicted octanol–water partition coefficient (Wildman–Crippen LogP) is 5.74. The Morgan fingerprint density at radius 1 is 0.962 bits per heavy atom. The zero-order valence-corrected chi connectivity index (χ0v) is 15.6. The van der Waals surface area contributed by atoms with E-state index in [1.165, 1.54) is 12.5 Å². The molecule has 6 heteroatoms. The van der Waals surface area contributed by atoms with E-state index in [-0.39, 0.29) is 23.0 Å². The molecule has 1 aliphatic carbocycles. The van der Waals surface area contributed by atoms with E-state index in [1.54, 1.807) is 36.4 Å². The van der Waals surface area contributed by atoms with Crippen LogP contribution in [-0.4, -0.2) is 18.0 Å². The first kappa shape index (κ1) is 18.7. The number of benzene rings is 2. The highest BCUT2D eigenvalue weighted by molar-refractivity contribution is 6.37. The van der Waals surface area contributed by atoms with Gasteiger partial charge >= 0.3 is 5.97 Å². The predicted molar refractivity (Wildman–Crippen MR) is 103 cm³/mol. The van der Waals surface area contributed by atoms with Crippen LogP contribution in [-0.2, 0) is 4.74 Å². The van der Waals surface area contributed by atoms with Crippen LogP contribution in [0.5, 0.6) is 0 Å². The second-order valence-electron chi connectivity index (χ2n) is 6.32. The van der Waals surface area contributed by atoms with Crippen LogP contribution in [0.3, 0.4) is 0 Å². The Morgan fingerprint density at radius 3 is 2.31 bits per heavy atom.